The normalized spacial score (nSPS) is 21.1. The van der Waals surface area contributed by atoms with Crippen LogP contribution in [0, 0.1) is 5.92 Å². The molecule has 1 fully saturated rings. The molecule has 0 unspecified atom stereocenters. The van der Waals surface area contributed by atoms with Gasteiger partial charge in [-0.1, -0.05) is 35.5 Å². The molecule has 148 valence electrons. The molecule has 3 rings (SSSR count). The van der Waals surface area contributed by atoms with Crippen LogP contribution in [-0.2, 0) is 10.0 Å². The molecule has 0 radical (unpaired) electrons. The van der Waals surface area contributed by atoms with Crippen molar-refractivity contribution in [2.24, 2.45) is 5.92 Å². The Hall–Kier alpha value is -1.93. The van der Waals surface area contributed by atoms with E-state index in [1.54, 1.807) is 20.8 Å². The maximum absolute atomic E-state index is 12.2. The summed E-state index contributed by atoms with van der Waals surface area (Å²) in [7, 11) is -3.28. The second kappa shape index (κ2) is 7.98. The van der Waals surface area contributed by atoms with Gasteiger partial charge in [-0.3, -0.25) is 0 Å². The third-order valence-electron chi connectivity index (χ3n) is 5.00. The van der Waals surface area contributed by atoms with Crippen LogP contribution in [0.25, 0.3) is 11.4 Å². The van der Waals surface area contributed by atoms with Crippen LogP contribution in [0.4, 0.5) is 6.01 Å². The molecule has 2 N–H and O–H groups in total. The van der Waals surface area contributed by atoms with Gasteiger partial charge in [-0.15, -0.1) is 0 Å². The topological polar surface area (TPSA) is 97.1 Å². The molecule has 1 aromatic carbocycles. The van der Waals surface area contributed by atoms with Crippen molar-refractivity contribution in [2.75, 3.05) is 11.9 Å². The lowest BCUT2D eigenvalue weighted by atomic mass is 9.86. The summed E-state index contributed by atoms with van der Waals surface area (Å²) in [5.41, 5.74) is 0.921. The molecular formula is C19H28N4O3S. The van der Waals surface area contributed by atoms with Crippen molar-refractivity contribution in [1.82, 2.24) is 14.9 Å². The zero-order valence-electron chi connectivity index (χ0n) is 16.1. The Morgan fingerprint density at radius 3 is 2.41 bits per heavy atom. The minimum Gasteiger partial charge on any atom is -0.335 e. The second-order valence-corrected chi connectivity index (χ2v) is 10.6. The van der Waals surface area contributed by atoms with Gasteiger partial charge in [0.2, 0.25) is 15.8 Å². The number of sulfonamides is 1. The van der Waals surface area contributed by atoms with E-state index in [4.69, 9.17) is 4.52 Å². The first kappa shape index (κ1) is 19.8. The third-order valence-corrected chi connectivity index (χ3v) is 7.16. The molecule has 7 nitrogen and oxygen atoms in total. The van der Waals surface area contributed by atoms with Gasteiger partial charge in [-0.05, 0) is 52.4 Å². The standard InChI is InChI=1S/C19H28N4O3S/c1-19(2,3)27(24,25)20-13-14-9-11-16(12-10-14)21-18-22-17(23-26-18)15-7-5-4-6-8-15/h4-8,14,16,20H,9-13H2,1-3H3,(H,21,22,23)/t14-,16-. The van der Waals surface area contributed by atoms with Crippen LogP contribution in [0.3, 0.4) is 0 Å². The zero-order chi connectivity index (χ0) is 19.5. The summed E-state index contributed by atoms with van der Waals surface area (Å²) in [5.74, 6) is 0.936. The Balaban J connectivity index is 1.47. The smallest absolute Gasteiger partial charge is 0.322 e. The van der Waals surface area contributed by atoms with Gasteiger partial charge < -0.3 is 9.84 Å². The van der Waals surface area contributed by atoms with Gasteiger partial charge in [0.1, 0.15) is 0 Å². The number of aromatic nitrogens is 2. The van der Waals surface area contributed by atoms with Crippen LogP contribution >= 0.6 is 0 Å². The molecule has 1 aliphatic carbocycles. The van der Waals surface area contributed by atoms with E-state index in [0.29, 0.717) is 24.3 Å². The number of anilines is 1. The number of rotatable bonds is 6. The molecule has 1 aromatic heterocycles. The van der Waals surface area contributed by atoms with Crippen molar-refractivity contribution >= 4 is 16.0 Å². The van der Waals surface area contributed by atoms with Crippen LogP contribution in [-0.4, -0.2) is 35.9 Å². The zero-order valence-corrected chi connectivity index (χ0v) is 16.9. The first-order valence-electron chi connectivity index (χ1n) is 9.39. The molecule has 0 atom stereocenters. The Morgan fingerprint density at radius 2 is 1.78 bits per heavy atom. The minimum absolute atomic E-state index is 0.268. The Bertz CT molecular complexity index is 835. The SMILES string of the molecule is CC(C)(C)S(=O)(=O)NC[C@H]1CC[C@H](Nc2nc(-c3ccccc3)no2)CC1. The van der Waals surface area contributed by atoms with E-state index in [9.17, 15) is 8.42 Å². The fourth-order valence-corrected chi connectivity index (χ4v) is 4.00. The van der Waals surface area contributed by atoms with Gasteiger partial charge in [0, 0.05) is 18.2 Å². The highest BCUT2D eigenvalue weighted by atomic mass is 32.2. The second-order valence-electron chi connectivity index (χ2n) is 8.12. The van der Waals surface area contributed by atoms with Crippen molar-refractivity contribution in [3.8, 4) is 11.4 Å². The van der Waals surface area contributed by atoms with Crippen molar-refractivity contribution in [2.45, 2.75) is 57.2 Å². The van der Waals surface area contributed by atoms with E-state index in [0.717, 1.165) is 31.2 Å². The van der Waals surface area contributed by atoms with E-state index in [1.165, 1.54) is 0 Å². The molecule has 2 aromatic rings. The highest BCUT2D eigenvalue weighted by Gasteiger charge is 2.30. The average Bonchev–Trinajstić information content (AvgIpc) is 3.09. The van der Waals surface area contributed by atoms with Gasteiger partial charge in [-0.2, -0.15) is 4.98 Å². The molecule has 0 saturated heterocycles. The van der Waals surface area contributed by atoms with E-state index in [-0.39, 0.29) is 6.04 Å². The largest absolute Gasteiger partial charge is 0.335 e. The number of nitrogens with zero attached hydrogens (tertiary/aromatic N) is 2. The van der Waals surface area contributed by atoms with E-state index < -0.39 is 14.8 Å². The molecule has 0 aliphatic heterocycles. The number of hydrogen-bond donors (Lipinski definition) is 2. The van der Waals surface area contributed by atoms with Gasteiger partial charge in [0.25, 0.3) is 0 Å². The summed E-state index contributed by atoms with van der Waals surface area (Å²) in [6, 6.07) is 10.4. The predicted molar refractivity (Wildman–Crippen MR) is 106 cm³/mol. The monoisotopic (exact) mass is 392 g/mol. The number of hydrogen-bond acceptors (Lipinski definition) is 6. The van der Waals surface area contributed by atoms with Crippen molar-refractivity contribution in [1.29, 1.82) is 0 Å². The fraction of sp³-hybridized carbons (Fsp3) is 0.579. The molecule has 1 heterocycles. The van der Waals surface area contributed by atoms with Crippen LogP contribution in [0.1, 0.15) is 46.5 Å². The van der Waals surface area contributed by atoms with Crippen LogP contribution in [0.2, 0.25) is 0 Å². The third kappa shape index (κ3) is 5.07. The van der Waals surface area contributed by atoms with E-state index >= 15 is 0 Å². The van der Waals surface area contributed by atoms with Gasteiger partial charge in [0.15, 0.2) is 0 Å². The molecule has 0 spiro atoms. The summed E-state index contributed by atoms with van der Waals surface area (Å²) in [6.45, 7) is 5.64. The highest BCUT2D eigenvalue weighted by molar-refractivity contribution is 7.90. The average molecular weight is 393 g/mol. The van der Waals surface area contributed by atoms with Crippen LogP contribution in [0.15, 0.2) is 34.9 Å². The lowest BCUT2D eigenvalue weighted by molar-refractivity contribution is 0.329. The quantitative estimate of drug-likeness (QED) is 0.782. The van der Waals surface area contributed by atoms with E-state index in [2.05, 4.69) is 20.2 Å². The maximum atomic E-state index is 12.2. The van der Waals surface area contributed by atoms with Crippen LogP contribution < -0.4 is 10.0 Å². The van der Waals surface area contributed by atoms with E-state index in [1.807, 2.05) is 30.3 Å². The Kier molecular flexibility index (Phi) is 5.86. The summed E-state index contributed by atoms with van der Waals surface area (Å²) >= 11 is 0. The van der Waals surface area contributed by atoms with Crippen molar-refractivity contribution in [3.63, 3.8) is 0 Å². The number of nitrogens with one attached hydrogen (secondary N) is 2. The van der Waals surface area contributed by atoms with Gasteiger partial charge in [-0.25, -0.2) is 13.1 Å². The first-order chi connectivity index (χ1) is 12.7. The highest BCUT2D eigenvalue weighted by Crippen LogP contribution is 2.27. The molecule has 1 aliphatic rings. The van der Waals surface area contributed by atoms with Crippen molar-refractivity contribution in [3.05, 3.63) is 30.3 Å². The molecule has 1 saturated carbocycles. The summed E-state index contributed by atoms with van der Waals surface area (Å²) in [5, 5.41) is 7.33. The maximum Gasteiger partial charge on any atom is 0.322 e. The molecule has 27 heavy (non-hydrogen) atoms. The lowest BCUT2D eigenvalue weighted by Gasteiger charge is -2.29. The first-order valence-corrected chi connectivity index (χ1v) is 10.9. The summed E-state index contributed by atoms with van der Waals surface area (Å²) in [6.07, 6.45) is 3.82. The molecular weight excluding hydrogens is 364 g/mol. The van der Waals surface area contributed by atoms with Gasteiger partial charge >= 0.3 is 6.01 Å². The Morgan fingerprint density at radius 1 is 1.11 bits per heavy atom. The van der Waals surface area contributed by atoms with Gasteiger partial charge in [0.05, 0.1) is 4.75 Å². The Labute approximate surface area is 161 Å². The molecule has 0 bridgehead atoms. The van der Waals surface area contributed by atoms with Crippen molar-refractivity contribution < 1.29 is 12.9 Å². The number of benzene rings is 1. The molecule has 0 amide bonds. The summed E-state index contributed by atoms with van der Waals surface area (Å²) < 4.78 is 31.6. The van der Waals surface area contributed by atoms with Crippen LogP contribution in [0.5, 0.6) is 0 Å². The predicted octanol–water partition coefficient (Wildman–Crippen LogP) is 3.43. The minimum atomic E-state index is -3.28. The molecule has 8 heteroatoms. The lowest BCUT2D eigenvalue weighted by Crippen LogP contribution is -2.42. The fourth-order valence-electron chi connectivity index (χ4n) is 3.12. The summed E-state index contributed by atoms with van der Waals surface area (Å²) in [4.78, 5) is 4.41.